The van der Waals surface area contributed by atoms with Crippen LogP contribution in [0.15, 0.2) is 35.1 Å². The maximum Gasteiger partial charge on any atom is 0.250 e. The highest BCUT2D eigenvalue weighted by molar-refractivity contribution is 6.32. The van der Waals surface area contributed by atoms with Gasteiger partial charge in [-0.25, -0.2) is 0 Å². The first-order valence-electron chi connectivity index (χ1n) is 11.9. The molecule has 4 atom stereocenters. The number of carbonyl (C=O) groups is 2. The smallest absolute Gasteiger partial charge is 0.250 e. The second-order valence-electron chi connectivity index (χ2n) is 10.1. The van der Waals surface area contributed by atoms with E-state index in [0.717, 1.165) is 13.1 Å². The van der Waals surface area contributed by atoms with E-state index in [2.05, 4.69) is 4.90 Å². The second-order valence-corrected chi connectivity index (χ2v) is 10.5. The van der Waals surface area contributed by atoms with E-state index in [1.807, 2.05) is 12.2 Å². The Bertz CT molecular complexity index is 1230. The first-order chi connectivity index (χ1) is 16.6. The lowest BCUT2D eigenvalue weighted by Crippen LogP contribution is -2.56. The third-order valence-electron chi connectivity index (χ3n) is 8.15. The van der Waals surface area contributed by atoms with Crippen molar-refractivity contribution in [3.8, 4) is 5.75 Å². The van der Waals surface area contributed by atoms with Crippen molar-refractivity contribution in [1.29, 1.82) is 0 Å². The van der Waals surface area contributed by atoms with E-state index in [9.17, 15) is 30.0 Å². The number of halogens is 1. The monoisotopic (exact) mass is 500 g/mol. The molecular formula is C26H29ClN2O6. The molecule has 9 heteroatoms. The number of carbonyl (C=O) groups excluding carboxylic acids is 2. The molecule has 0 spiro atoms. The van der Waals surface area contributed by atoms with Crippen LogP contribution in [0.4, 0.5) is 0 Å². The average Bonchev–Trinajstić information content (AvgIpc) is 3.29. The maximum absolute atomic E-state index is 13.9. The second kappa shape index (κ2) is 8.40. The fraction of sp³-hybridized carbons (Fsp3) is 0.462. The predicted molar refractivity (Wildman–Crippen MR) is 130 cm³/mol. The molecule has 186 valence electrons. The van der Waals surface area contributed by atoms with Crippen molar-refractivity contribution in [3.05, 3.63) is 56.8 Å². The third kappa shape index (κ3) is 3.50. The number of phenolic OH excluding ortho intramolecular Hbond substituents is 1. The molecule has 4 aliphatic rings. The van der Waals surface area contributed by atoms with Gasteiger partial charge in [-0.1, -0.05) is 30.7 Å². The lowest BCUT2D eigenvalue weighted by atomic mass is 9.56. The summed E-state index contributed by atoms with van der Waals surface area (Å²) in [5.74, 6) is -4.08. The van der Waals surface area contributed by atoms with Crippen LogP contribution >= 0.6 is 11.6 Å². The molecular weight excluding hydrogens is 472 g/mol. The number of ketones is 1. The number of aromatic hydroxyl groups is 1. The zero-order valence-electron chi connectivity index (χ0n) is 19.4. The van der Waals surface area contributed by atoms with Gasteiger partial charge in [0.2, 0.25) is 0 Å². The van der Waals surface area contributed by atoms with Gasteiger partial charge in [0, 0.05) is 42.2 Å². The van der Waals surface area contributed by atoms with Crippen molar-refractivity contribution in [2.24, 2.45) is 23.5 Å². The number of hydrogen-bond donors (Lipinski definition) is 5. The number of Topliss-reactive ketones (excluding diaryl/α,β-unsaturated/α-hetero) is 1. The quantitative estimate of drug-likeness (QED) is 0.400. The molecule has 1 aromatic rings. The van der Waals surface area contributed by atoms with Crippen molar-refractivity contribution in [1.82, 2.24) is 4.90 Å². The minimum atomic E-state index is -1.95. The highest BCUT2D eigenvalue weighted by Gasteiger charge is 2.58. The topological polar surface area (TPSA) is 144 Å². The SMILES string of the molecule is CC[C@]1(O)C(C(N)=O)=C(O)CC2CC3Cc4c(Cl)cc(CN5CC=CC5)c(O)c4C(O)=C3C(=O)C21. The molecule has 35 heavy (non-hydrogen) atoms. The van der Waals surface area contributed by atoms with Gasteiger partial charge in [-0.05, 0) is 42.7 Å². The summed E-state index contributed by atoms with van der Waals surface area (Å²) >= 11 is 6.62. The van der Waals surface area contributed by atoms with Gasteiger partial charge >= 0.3 is 0 Å². The fourth-order valence-corrected chi connectivity index (χ4v) is 6.90. The van der Waals surface area contributed by atoms with Crippen molar-refractivity contribution < 1.29 is 30.0 Å². The van der Waals surface area contributed by atoms with Crippen molar-refractivity contribution in [2.75, 3.05) is 13.1 Å². The van der Waals surface area contributed by atoms with Gasteiger partial charge in [0.05, 0.1) is 17.1 Å². The molecule has 0 saturated heterocycles. The molecule has 0 radical (unpaired) electrons. The highest BCUT2D eigenvalue weighted by atomic mass is 35.5. The molecule has 5 rings (SSSR count). The lowest BCUT2D eigenvalue weighted by Gasteiger charge is -2.49. The molecule has 8 nitrogen and oxygen atoms in total. The number of rotatable bonds is 4. The minimum Gasteiger partial charge on any atom is -0.512 e. The molecule has 0 bridgehead atoms. The first kappa shape index (κ1) is 23.9. The number of phenols is 1. The van der Waals surface area contributed by atoms with Crippen LogP contribution in [-0.4, -0.2) is 55.7 Å². The number of nitrogens with two attached hydrogens (primary N) is 1. The molecule has 1 saturated carbocycles. The van der Waals surface area contributed by atoms with Crippen LogP contribution in [0.2, 0.25) is 5.02 Å². The van der Waals surface area contributed by atoms with Crippen LogP contribution in [0.1, 0.15) is 42.9 Å². The van der Waals surface area contributed by atoms with Crippen molar-refractivity contribution >= 4 is 29.1 Å². The average molecular weight is 501 g/mol. The van der Waals surface area contributed by atoms with Gasteiger partial charge < -0.3 is 26.2 Å². The Morgan fingerprint density at radius 1 is 1.23 bits per heavy atom. The summed E-state index contributed by atoms with van der Waals surface area (Å²) in [7, 11) is 0. The minimum absolute atomic E-state index is 0.0113. The molecule has 1 aliphatic heterocycles. The number of hydrogen-bond acceptors (Lipinski definition) is 7. The Labute approximate surface area is 208 Å². The van der Waals surface area contributed by atoms with Gasteiger partial charge in [0.15, 0.2) is 5.78 Å². The lowest BCUT2D eigenvalue weighted by molar-refractivity contribution is -0.138. The molecule has 1 aromatic carbocycles. The molecule has 3 aliphatic carbocycles. The largest absolute Gasteiger partial charge is 0.512 e. The van der Waals surface area contributed by atoms with Gasteiger partial charge in [0.1, 0.15) is 22.9 Å². The number of fused-ring (bicyclic) bond motifs is 3. The number of aliphatic hydroxyl groups is 3. The Kier molecular flexibility index (Phi) is 5.74. The van der Waals surface area contributed by atoms with Crippen LogP contribution in [0, 0.1) is 17.8 Å². The number of benzene rings is 1. The van der Waals surface area contributed by atoms with E-state index in [1.54, 1.807) is 13.0 Å². The molecule has 1 amide bonds. The summed E-state index contributed by atoms with van der Waals surface area (Å²) in [4.78, 5) is 28.1. The third-order valence-corrected chi connectivity index (χ3v) is 8.49. The number of primary amides is 1. The Morgan fingerprint density at radius 2 is 1.91 bits per heavy atom. The Morgan fingerprint density at radius 3 is 2.54 bits per heavy atom. The molecule has 1 heterocycles. The summed E-state index contributed by atoms with van der Waals surface area (Å²) in [6.45, 7) is 3.53. The standard InChI is InChI=1S/C26H29ClN2O6/c1-2-26(35)20-13(10-17(30)21(26)25(28)34)7-12-8-15-16(27)9-14(11-29-5-3-4-6-29)22(31)19(15)23(32)18(12)24(20)33/h3-4,9,12-13,20,30-32,35H,2,5-8,10-11H2,1H3,(H2,28,34)/t12?,13?,20?,26-/m1/s1. The molecule has 6 N–H and O–H groups in total. The number of nitrogens with zero attached hydrogens (tertiary/aromatic N) is 1. The molecule has 0 aromatic heterocycles. The summed E-state index contributed by atoms with van der Waals surface area (Å²) in [6.07, 6.45) is 4.82. The van der Waals surface area contributed by atoms with E-state index in [4.69, 9.17) is 17.3 Å². The zero-order valence-corrected chi connectivity index (χ0v) is 20.2. The number of aliphatic hydroxyl groups excluding tert-OH is 2. The van der Waals surface area contributed by atoms with Crippen molar-refractivity contribution in [2.45, 2.75) is 44.8 Å². The number of allylic oxidation sites excluding steroid dienone is 2. The van der Waals surface area contributed by atoms with Crippen LogP contribution in [0.3, 0.4) is 0 Å². The van der Waals surface area contributed by atoms with Crippen LogP contribution in [0.5, 0.6) is 5.75 Å². The zero-order chi connectivity index (χ0) is 25.2. The van der Waals surface area contributed by atoms with E-state index in [-0.39, 0.29) is 46.8 Å². The van der Waals surface area contributed by atoms with E-state index in [0.29, 0.717) is 35.5 Å². The van der Waals surface area contributed by atoms with E-state index >= 15 is 0 Å². The van der Waals surface area contributed by atoms with Crippen LogP contribution < -0.4 is 5.73 Å². The van der Waals surface area contributed by atoms with Gasteiger partial charge in [-0.15, -0.1) is 0 Å². The summed E-state index contributed by atoms with van der Waals surface area (Å²) in [6, 6.07) is 1.71. The normalized spacial score (nSPS) is 30.4. The number of amides is 1. The van der Waals surface area contributed by atoms with E-state index in [1.165, 1.54) is 0 Å². The predicted octanol–water partition coefficient (Wildman–Crippen LogP) is 2.91. The Balaban J connectivity index is 1.61. The highest BCUT2D eigenvalue weighted by Crippen LogP contribution is 2.55. The summed E-state index contributed by atoms with van der Waals surface area (Å²) < 4.78 is 0. The van der Waals surface area contributed by atoms with Crippen molar-refractivity contribution in [3.63, 3.8) is 0 Å². The van der Waals surface area contributed by atoms with Gasteiger partial charge in [-0.2, -0.15) is 0 Å². The summed E-state index contributed by atoms with van der Waals surface area (Å²) in [5.41, 5.74) is 4.60. The summed E-state index contributed by atoms with van der Waals surface area (Å²) in [5, 5.41) is 44.9. The van der Waals surface area contributed by atoms with Crippen LogP contribution in [0.25, 0.3) is 5.76 Å². The van der Waals surface area contributed by atoms with Crippen LogP contribution in [-0.2, 0) is 22.6 Å². The first-order valence-corrected chi connectivity index (χ1v) is 12.3. The Hall–Kier alpha value is -2.81. The van der Waals surface area contributed by atoms with Gasteiger partial charge in [-0.3, -0.25) is 14.5 Å². The fourth-order valence-electron chi connectivity index (χ4n) is 6.59. The molecule has 3 unspecified atom stereocenters. The maximum atomic E-state index is 13.9. The van der Waals surface area contributed by atoms with E-state index < -0.39 is 35.0 Å². The molecule has 1 fully saturated rings. The van der Waals surface area contributed by atoms with Gasteiger partial charge in [0.25, 0.3) is 5.91 Å².